The number of hydrogen-bond donors (Lipinski definition) is 3. The molecule has 2 aliphatic rings. The number of amides is 1. The minimum Gasteiger partial charge on any atom is -0.404 e. The van der Waals surface area contributed by atoms with Crippen molar-refractivity contribution >= 4 is 17.3 Å². The van der Waals surface area contributed by atoms with E-state index in [-0.39, 0.29) is 29.7 Å². The van der Waals surface area contributed by atoms with Crippen molar-refractivity contribution in [2.75, 3.05) is 20.1 Å². The van der Waals surface area contributed by atoms with E-state index < -0.39 is 5.60 Å². The van der Waals surface area contributed by atoms with Gasteiger partial charge in [-0.1, -0.05) is 42.5 Å². The highest BCUT2D eigenvalue weighted by atomic mass is 16.3. The highest BCUT2D eigenvalue weighted by molar-refractivity contribution is 6.22. The molecular formula is C32H36N8O3. The fourth-order valence-corrected chi connectivity index (χ4v) is 6.17. The van der Waals surface area contributed by atoms with E-state index >= 15 is 0 Å². The van der Waals surface area contributed by atoms with Gasteiger partial charge in [0, 0.05) is 44.4 Å². The standard InChI is InChI=1S/C32H36N8O3/c1-35-27(13-21-5-3-2-4-6-21)26(17-33)30(41)38-11-9-32(43,10-12-38)19-39-20-37-40-28(18-36-29(40)31(39)42)23-8-7-22-15-25(34)16-24(22)14-23/h2-8,14,17-18,20,25,43H,9-13,15-16,19,33-34H2,1H3. The van der Waals surface area contributed by atoms with E-state index in [0.29, 0.717) is 43.6 Å². The van der Waals surface area contributed by atoms with Crippen molar-refractivity contribution in [3.05, 3.63) is 99.9 Å². The molecule has 1 fully saturated rings. The fourth-order valence-electron chi connectivity index (χ4n) is 6.17. The highest BCUT2D eigenvalue weighted by Crippen LogP contribution is 2.28. The van der Waals surface area contributed by atoms with Crippen LogP contribution in [0.3, 0.4) is 0 Å². The molecule has 222 valence electrons. The van der Waals surface area contributed by atoms with E-state index in [4.69, 9.17) is 11.5 Å². The van der Waals surface area contributed by atoms with Gasteiger partial charge in [0.05, 0.1) is 35.3 Å². The molecule has 2 aromatic carbocycles. The maximum Gasteiger partial charge on any atom is 0.296 e. The first-order valence-corrected chi connectivity index (χ1v) is 14.5. The van der Waals surface area contributed by atoms with Gasteiger partial charge in [0.15, 0.2) is 0 Å². The van der Waals surface area contributed by atoms with E-state index in [1.165, 1.54) is 28.2 Å². The van der Waals surface area contributed by atoms with Gasteiger partial charge in [0.2, 0.25) is 5.65 Å². The number of nitrogens with zero attached hydrogens (tertiary/aromatic N) is 6. The molecule has 4 aromatic rings. The van der Waals surface area contributed by atoms with Gasteiger partial charge < -0.3 is 21.5 Å². The molecule has 1 amide bonds. The molecule has 0 bridgehead atoms. The molecule has 1 aliphatic heterocycles. The first-order valence-electron chi connectivity index (χ1n) is 14.5. The first kappa shape index (κ1) is 28.5. The summed E-state index contributed by atoms with van der Waals surface area (Å²) < 4.78 is 2.95. The van der Waals surface area contributed by atoms with Gasteiger partial charge in [-0.15, -0.1) is 0 Å². The van der Waals surface area contributed by atoms with E-state index in [0.717, 1.165) is 29.7 Å². The Labute approximate surface area is 249 Å². The van der Waals surface area contributed by atoms with E-state index in [2.05, 4.69) is 27.2 Å². The maximum absolute atomic E-state index is 13.4. The van der Waals surface area contributed by atoms with E-state index in [9.17, 15) is 14.7 Å². The molecule has 0 saturated carbocycles. The van der Waals surface area contributed by atoms with Crippen LogP contribution in [0.2, 0.25) is 0 Å². The summed E-state index contributed by atoms with van der Waals surface area (Å²) in [5.41, 5.74) is 16.8. The number of carbonyl (C=O) groups excluding carboxylic acids is 1. The molecule has 0 radical (unpaired) electrons. The number of fused-ring (bicyclic) bond motifs is 2. The van der Waals surface area contributed by atoms with E-state index in [1.54, 1.807) is 22.7 Å². The number of aliphatic hydroxyl groups is 1. The molecule has 3 heterocycles. The topological polar surface area (TPSA) is 157 Å². The predicted octanol–water partition coefficient (Wildman–Crippen LogP) is 1.49. The van der Waals surface area contributed by atoms with Gasteiger partial charge in [-0.3, -0.25) is 19.1 Å². The predicted molar refractivity (Wildman–Crippen MR) is 165 cm³/mol. The zero-order valence-corrected chi connectivity index (χ0v) is 24.2. The van der Waals surface area contributed by atoms with Gasteiger partial charge >= 0.3 is 0 Å². The van der Waals surface area contributed by atoms with Crippen molar-refractivity contribution in [2.45, 2.75) is 50.3 Å². The van der Waals surface area contributed by atoms with Crippen LogP contribution in [0.1, 0.15) is 29.5 Å². The van der Waals surface area contributed by atoms with Crippen LogP contribution >= 0.6 is 0 Å². The number of imidazole rings is 1. The molecule has 11 nitrogen and oxygen atoms in total. The Morgan fingerprint density at radius 1 is 1.14 bits per heavy atom. The van der Waals surface area contributed by atoms with Gasteiger partial charge in [-0.05, 0) is 48.4 Å². The number of nitrogens with two attached hydrogens (primary N) is 2. The third-order valence-corrected chi connectivity index (χ3v) is 8.60. The minimum atomic E-state index is -1.19. The van der Waals surface area contributed by atoms with Crippen LogP contribution in [0.5, 0.6) is 0 Å². The number of piperidine rings is 1. The van der Waals surface area contributed by atoms with Crippen LogP contribution in [0.25, 0.3) is 16.9 Å². The number of benzene rings is 2. The molecule has 1 atom stereocenters. The van der Waals surface area contributed by atoms with Crippen molar-refractivity contribution in [1.29, 1.82) is 0 Å². The number of likely N-dealkylation sites (tertiary alicyclic amines) is 1. The minimum absolute atomic E-state index is 0.0472. The molecule has 43 heavy (non-hydrogen) atoms. The van der Waals surface area contributed by atoms with Crippen LogP contribution < -0.4 is 17.0 Å². The van der Waals surface area contributed by atoms with Crippen LogP contribution in [-0.4, -0.2) is 72.6 Å². The highest BCUT2D eigenvalue weighted by Gasteiger charge is 2.36. The Bertz CT molecular complexity index is 1780. The fraction of sp³-hybridized carbons (Fsp3) is 0.344. The lowest BCUT2D eigenvalue weighted by atomic mass is 9.90. The third kappa shape index (κ3) is 5.61. The van der Waals surface area contributed by atoms with Crippen molar-refractivity contribution in [3.8, 4) is 11.3 Å². The number of hydrogen-bond acceptors (Lipinski definition) is 8. The van der Waals surface area contributed by atoms with Crippen LogP contribution in [0.15, 0.2) is 82.6 Å². The Morgan fingerprint density at radius 2 is 1.88 bits per heavy atom. The summed E-state index contributed by atoms with van der Waals surface area (Å²) in [5.74, 6) is -0.222. The van der Waals surface area contributed by atoms with Crippen LogP contribution in [0.4, 0.5) is 0 Å². The SMILES string of the molecule is CN=C(Cc1ccccc1)C(=CN)C(=O)N1CCC(O)(Cn2cnn3c(-c4ccc5c(c4)CC(N)C5)cnc3c2=O)CC1. The molecule has 1 saturated heterocycles. The Kier molecular flexibility index (Phi) is 7.68. The summed E-state index contributed by atoms with van der Waals surface area (Å²) in [6, 6.07) is 16.1. The summed E-state index contributed by atoms with van der Waals surface area (Å²) in [6.07, 6.45) is 7.18. The smallest absolute Gasteiger partial charge is 0.296 e. The third-order valence-electron chi connectivity index (χ3n) is 8.60. The maximum atomic E-state index is 13.4. The second kappa shape index (κ2) is 11.6. The summed E-state index contributed by atoms with van der Waals surface area (Å²) in [6.45, 7) is 0.676. The van der Waals surface area contributed by atoms with Crippen molar-refractivity contribution in [3.63, 3.8) is 0 Å². The summed E-state index contributed by atoms with van der Waals surface area (Å²) in [5, 5.41) is 15.9. The number of carbonyl (C=O) groups is 1. The van der Waals surface area contributed by atoms with Gasteiger partial charge in [0.25, 0.3) is 11.5 Å². The second-order valence-electron chi connectivity index (χ2n) is 11.5. The monoisotopic (exact) mass is 580 g/mol. The molecule has 5 N–H and O–H groups in total. The lowest BCUT2D eigenvalue weighted by Gasteiger charge is -2.38. The molecule has 0 spiro atoms. The van der Waals surface area contributed by atoms with Crippen molar-refractivity contribution in [2.24, 2.45) is 16.5 Å². The molecule has 2 aromatic heterocycles. The quantitative estimate of drug-likeness (QED) is 0.221. The number of aliphatic imine (C=N–C) groups is 1. The number of rotatable bonds is 7. The first-order chi connectivity index (χ1) is 20.8. The van der Waals surface area contributed by atoms with E-state index in [1.807, 2.05) is 36.4 Å². The molecule has 1 unspecified atom stereocenters. The van der Waals surface area contributed by atoms with Gasteiger partial charge in [-0.2, -0.15) is 5.10 Å². The average molecular weight is 581 g/mol. The summed E-state index contributed by atoms with van der Waals surface area (Å²) in [4.78, 5) is 37.2. The van der Waals surface area contributed by atoms with Gasteiger partial charge in [-0.25, -0.2) is 9.50 Å². The average Bonchev–Trinajstić information content (AvgIpc) is 3.62. The Hall–Kier alpha value is -4.61. The van der Waals surface area contributed by atoms with Crippen molar-refractivity contribution in [1.82, 2.24) is 24.1 Å². The second-order valence-corrected chi connectivity index (χ2v) is 11.5. The zero-order chi connectivity index (χ0) is 30.1. The lowest BCUT2D eigenvalue weighted by Crippen LogP contribution is -2.50. The molecule has 11 heteroatoms. The molecule has 1 aliphatic carbocycles. The summed E-state index contributed by atoms with van der Waals surface area (Å²) >= 11 is 0. The van der Waals surface area contributed by atoms with Crippen LogP contribution in [-0.2, 0) is 30.6 Å². The van der Waals surface area contributed by atoms with Crippen LogP contribution in [0, 0.1) is 0 Å². The molecule has 6 rings (SSSR count). The number of aromatic nitrogens is 4. The molecular weight excluding hydrogens is 544 g/mol. The normalized spacial score (nSPS) is 18.7. The lowest BCUT2D eigenvalue weighted by molar-refractivity contribution is -0.131. The van der Waals surface area contributed by atoms with Crippen molar-refractivity contribution < 1.29 is 9.90 Å². The largest absolute Gasteiger partial charge is 0.404 e. The Balaban J connectivity index is 1.14. The zero-order valence-electron chi connectivity index (χ0n) is 24.2. The summed E-state index contributed by atoms with van der Waals surface area (Å²) in [7, 11) is 1.65. The van der Waals surface area contributed by atoms with Gasteiger partial charge in [0.1, 0.15) is 6.33 Å². The Morgan fingerprint density at radius 3 is 2.60 bits per heavy atom.